The van der Waals surface area contributed by atoms with Gasteiger partial charge in [-0.3, -0.25) is 4.79 Å². The molecule has 1 atom stereocenters. The van der Waals surface area contributed by atoms with Crippen molar-refractivity contribution in [1.29, 1.82) is 0 Å². The molecule has 0 radical (unpaired) electrons. The molecule has 0 saturated heterocycles. The van der Waals surface area contributed by atoms with E-state index in [0.29, 0.717) is 11.4 Å². The van der Waals surface area contributed by atoms with E-state index in [4.69, 9.17) is 11.6 Å². The Morgan fingerprint density at radius 1 is 1.39 bits per heavy atom. The van der Waals surface area contributed by atoms with Crippen LogP contribution >= 0.6 is 23.1 Å². The second kappa shape index (κ2) is 8.26. The fourth-order valence-electron chi connectivity index (χ4n) is 1.96. The first-order valence-electron chi connectivity index (χ1n) is 7.55. The van der Waals surface area contributed by atoms with Crippen LogP contribution in [0, 0.1) is 0 Å². The van der Waals surface area contributed by atoms with Gasteiger partial charge in [-0.1, -0.05) is 30.7 Å². The lowest BCUT2D eigenvalue weighted by Gasteiger charge is -2.17. The van der Waals surface area contributed by atoms with Crippen LogP contribution in [0.25, 0.3) is 0 Å². The molecule has 1 aromatic heterocycles. The van der Waals surface area contributed by atoms with Gasteiger partial charge in [0.15, 0.2) is 0 Å². The summed E-state index contributed by atoms with van der Waals surface area (Å²) >= 11 is 7.19. The fraction of sp³-hybridized carbons (Fsp3) is 0.438. The summed E-state index contributed by atoms with van der Waals surface area (Å²) in [5.74, 6) is 0.748. The largest absolute Gasteiger partial charge is 0.352 e. The Balaban J connectivity index is 1.92. The average Bonchev–Trinajstić information content (AvgIpc) is 2.98. The summed E-state index contributed by atoms with van der Waals surface area (Å²) in [5, 5.41) is 4.40. The maximum Gasteiger partial charge on any atom is 0.239 e. The van der Waals surface area contributed by atoms with Crippen LogP contribution in [0.4, 0.5) is 5.13 Å². The lowest BCUT2D eigenvalue weighted by atomic mass is 10.1. The molecule has 1 N–H and O–H groups in total. The second-order valence-corrected chi connectivity index (χ2v) is 6.70. The third-order valence-electron chi connectivity index (χ3n) is 3.46. The molecule has 124 valence electrons. The molecule has 0 fully saturated rings. The molecule has 0 aliphatic rings. The highest BCUT2D eigenvalue weighted by Gasteiger charge is 2.13. The summed E-state index contributed by atoms with van der Waals surface area (Å²) in [6, 6.07) is 7.83. The maximum atomic E-state index is 11.9. The van der Waals surface area contributed by atoms with Crippen molar-refractivity contribution in [1.82, 2.24) is 14.7 Å². The lowest BCUT2D eigenvalue weighted by Crippen LogP contribution is -2.39. The first kappa shape index (κ1) is 17.7. The summed E-state index contributed by atoms with van der Waals surface area (Å²) < 4.78 is 4.36. The van der Waals surface area contributed by atoms with Crippen LogP contribution in [0.3, 0.4) is 0 Å². The molecule has 2 aromatic rings. The molecule has 0 aliphatic heterocycles. The SMILES string of the molecule is CC[C@H](C)NC(=O)CN(C)c1nc(Cc2ccc(Cl)cc2)ns1. The van der Waals surface area contributed by atoms with Gasteiger partial charge in [0.2, 0.25) is 11.0 Å². The molecule has 1 amide bonds. The van der Waals surface area contributed by atoms with Crippen molar-refractivity contribution in [2.45, 2.75) is 32.7 Å². The van der Waals surface area contributed by atoms with Gasteiger partial charge in [0.05, 0.1) is 6.54 Å². The summed E-state index contributed by atoms with van der Waals surface area (Å²) in [4.78, 5) is 18.2. The number of nitrogens with one attached hydrogen (secondary N) is 1. The van der Waals surface area contributed by atoms with Gasteiger partial charge in [-0.05, 0) is 31.0 Å². The Labute approximate surface area is 145 Å². The third kappa shape index (κ3) is 5.48. The molecule has 0 spiro atoms. The molecule has 2 rings (SSSR count). The predicted molar refractivity (Wildman–Crippen MR) is 95.3 cm³/mol. The zero-order valence-corrected chi connectivity index (χ0v) is 15.1. The molecule has 0 saturated carbocycles. The van der Waals surface area contributed by atoms with Crippen LogP contribution in [0.15, 0.2) is 24.3 Å². The topological polar surface area (TPSA) is 58.1 Å². The molecule has 1 heterocycles. The van der Waals surface area contributed by atoms with Crippen LogP contribution in [-0.4, -0.2) is 34.9 Å². The molecular weight excluding hydrogens is 332 g/mol. The number of amides is 1. The van der Waals surface area contributed by atoms with E-state index in [1.807, 2.05) is 50.1 Å². The number of benzene rings is 1. The van der Waals surface area contributed by atoms with E-state index in [0.717, 1.165) is 22.9 Å². The molecular formula is C16H21ClN4OS. The summed E-state index contributed by atoms with van der Waals surface area (Å²) in [7, 11) is 1.85. The Bertz CT molecular complexity index is 644. The molecule has 1 aromatic carbocycles. The van der Waals surface area contributed by atoms with Crippen molar-refractivity contribution < 1.29 is 4.79 Å². The lowest BCUT2D eigenvalue weighted by molar-refractivity contribution is -0.120. The van der Waals surface area contributed by atoms with E-state index < -0.39 is 0 Å². The van der Waals surface area contributed by atoms with E-state index in [1.54, 1.807) is 0 Å². The van der Waals surface area contributed by atoms with Crippen LogP contribution in [0.2, 0.25) is 5.02 Å². The van der Waals surface area contributed by atoms with E-state index in [1.165, 1.54) is 11.5 Å². The van der Waals surface area contributed by atoms with Gasteiger partial charge in [0.25, 0.3) is 0 Å². The van der Waals surface area contributed by atoms with Crippen LogP contribution in [0.5, 0.6) is 0 Å². The Morgan fingerprint density at radius 2 is 2.09 bits per heavy atom. The molecule has 7 heteroatoms. The van der Waals surface area contributed by atoms with Crippen molar-refractivity contribution in [3.63, 3.8) is 0 Å². The number of likely N-dealkylation sites (N-methyl/N-ethyl adjacent to an activating group) is 1. The minimum absolute atomic E-state index is 0.00342. The number of rotatable bonds is 7. The Morgan fingerprint density at radius 3 is 2.74 bits per heavy atom. The average molecular weight is 353 g/mol. The smallest absolute Gasteiger partial charge is 0.239 e. The number of aromatic nitrogens is 2. The number of hydrogen-bond acceptors (Lipinski definition) is 5. The number of halogens is 1. The monoisotopic (exact) mass is 352 g/mol. The number of carbonyl (C=O) groups is 1. The predicted octanol–water partition coefficient (Wildman–Crippen LogP) is 3.13. The van der Waals surface area contributed by atoms with Crippen LogP contribution in [-0.2, 0) is 11.2 Å². The van der Waals surface area contributed by atoms with Crippen LogP contribution < -0.4 is 10.2 Å². The van der Waals surface area contributed by atoms with Crippen molar-refractivity contribution in [2.75, 3.05) is 18.5 Å². The van der Waals surface area contributed by atoms with Gasteiger partial charge >= 0.3 is 0 Å². The summed E-state index contributed by atoms with van der Waals surface area (Å²) in [6.45, 7) is 4.31. The van der Waals surface area contributed by atoms with Crippen molar-refractivity contribution in [3.05, 3.63) is 40.7 Å². The highest BCUT2D eigenvalue weighted by Crippen LogP contribution is 2.18. The van der Waals surface area contributed by atoms with Gasteiger partial charge in [0, 0.05) is 36.1 Å². The first-order valence-corrected chi connectivity index (χ1v) is 8.70. The van der Waals surface area contributed by atoms with E-state index in [2.05, 4.69) is 14.7 Å². The molecule has 5 nitrogen and oxygen atoms in total. The van der Waals surface area contributed by atoms with Crippen molar-refractivity contribution >= 4 is 34.2 Å². The number of nitrogens with zero attached hydrogens (tertiary/aromatic N) is 3. The maximum absolute atomic E-state index is 11.9. The highest BCUT2D eigenvalue weighted by atomic mass is 35.5. The molecule has 0 aliphatic carbocycles. The second-order valence-electron chi connectivity index (χ2n) is 5.53. The van der Waals surface area contributed by atoms with E-state index in [9.17, 15) is 4.79 Å². The third-order valence-corrected chi connectivity index (χ3v) is 4.58. The zero-order chi connectivity index (χ0) is 16.8. The van der Waals surface area contributed by atoms with Gasteiger partial charge < -0.3 is 10.2 Å². The van der Waals surface area contributed by atoms with Gasteiger partial charge in [-0.25, -0.2) is 4.98 Å². The van der Waals surface area contributed by atoms with E-state index in [-0.39, 0.29) is 18.5 Å². The van der Waals surface area contributed by atoms with E-state index >= 15 is 0 Å². The standard InChI is InChI=1S/C16H21ClN4OS/c1-4-11(2)18-15(22)10-21(3)16-19-14(20-23-16)9-12-5-7-13(17)8-6-12/h5-8,11H,4,9-10H2,1-3H3,(H,18,22)/t11-/m0/s1. The summed E-state index contributed by atoms with van der Waals surface area (Å²) in [5.41, 5.74) is 1.11. The van der Waals surface area contributed by atoms with Gasteiger partial charge in [0.1, 0.15) is 5.82 Å². The molecule has 23 heavy (non-hydrogen) atoms. The minimum atomic E-state index is -0.00342. The Kier molecular flexibility index (Phi) is 6.36. The first-order chi connectivity index (χ1) is 11.0. The normalized spacial score (nSPS) is 12.0. The molecule has 0 unspecified atom stereocenters. The fourth-order valence-corrected chi connectivity index (χ4v) is 2.73. The number of hydrogen-bond donors (Lipinski definition) is 1. The summed E-state index contributed by atoms with van der Waals surface area (Å²) in [6.07, 6.45) is 1.57. The number of anilines is 1. The Hall–Kier alpha value is -1.66. The van der Waals surface area contributed by atoms with Crippen molar-refractivity contribution in [2.24, 2.45) is 0 Å². The van der Waals surface area contributed by atoms with Gasteiger partial charge in [-0.2, -0.15) is 4.37 Å². The van der Waals surface area contributed by atoms with Crippen molar-refractivity contribution in [3.8, 4) is 0 Å². The van der Waals surface area contributed by atoms with Gasteiger partial charge in [-0.15, -0.1) is 0 Å². The quantitative estimate of drug-likeness (QED) is 0.831. The highest BCUT2D eigenvalue weighted by molar-refractivity contribution is 7.09. The zero-order valence-electron chi connectivity index (χ0n) is 13.5. The minimum Gasteiger partial charge on any atom is -0.352 e. The van der Waals surface area contributed by atoms with Crippen LogP contribution in [0.1, 0.15) is 31.7 Å². The molecule has 0 bridgehead atoms. The number of carbonyl (C=O) groups excluding carboxylic acids is 1.